The molecule has 1 rings (SSSR count). The van der Waals surface area contributed by atoms with Crippen LogP contribution >= 0.6 is 0 Å². The Kier molecular flexibility index (Phi) is 8.20. The smallest absolute Gasteiger partial charge is 0.313 e. The summed E-state index contributed by atoms with van der Waals surface area (Å²) in [6, 6.07) is 0. The highest BCUT2D eigenvalue weighted by Crippen LogP contribution is 2.33. The van der Waals surface area contributed by atoms with Crippen molar-refractivity contribution in [3.05, 3.63) is 0 Å². The van der Waals surface area contributed by atoms with Gasteiger partial charge in [-0.3, -0.25) is 4.79 Å². The first-order valence-electron chi connectivity index (χ1n) is 8.56. The summed E-state index contributed by atoms with van der Waals surface area (Å²) in [4.78, 5) is 12.5. The van der Waals surface area contributed by atoms with Crippen molar-refractivity contribution in [2.24, 2.45) is 5.41 Å². The minimum atomic E-state index is -0.259. The highest BCUT2D eigenvalue weighted by atomic mass is 16.5. The molecule has 0 aromatic carbocycles. The molecule has 1 aliphatic rings. The Bertz CT molecular complexity index is 267. The summed E-state index contributed by atoms with van der Waals surface area (Å²) in [5, 5.41) is 3.37. The lowest BCUT2D eigenvalue weighted by molar-refractivity contribution is -0.163. The van der Waals surface area contributed by atoms with E-state index < -0.39 is 0 Å². The van der Waals surface area contributed by atoms with Crippen molar-refractivity contribution in [3.63, 3.8) is 0 Å². The molecule has 0 aromatic heterocycles. The maximum absolute atomic E-state index is 12.5. The van der Waals surface area contributed by atoms with Crippen molar-refractivity contribution in [1.29, 1.82) is 0 Å². The van der Waals surface area contributed by atoms with Gasteiger partial charge < -0.3 is 10.1 Å². The van der Waals surface area contributed by atoms with Crippen LogP contribution in [0.15, 0.2) is 0 Å². The standard InChI is InChI=1S/C17H33NO2/c1-4-6-7-8-10-15(3)20-16(19)17(11-5-2)12-9-13-18-14-17/h15,18H,4-14H2,1-3H3. The molecule has 0 saturated carbocycles. The molecule has 1 aliphatic heterocycles. The van der Waals surface area contributed by atoms with E-state index >= 15 is 0 Å². The van der Waals surface area contributed by atoms with E-state index in [0.29, 0.717) is 0 Å². The fourth-order valence-electron chi connectivity index (χ4n) is 3.16. The van der Waals surface area contributed by atoms with Gasteiger partial charge in [-0.1, -0.05) is 39.5 Å². The fraction of sp³-hybridized carbons (Fsp3) is 0.941. The Morgan fingerprint density at radius 2 is 2.05 bits per heavy atom. The van der Waals surface area contributed by atoms with Gasteiger partial charge in [-0.05, 0) is 45.6 Å². The summed E-state index contributed by atoms with van der Waals surface area (Å²) < 4.78 is 5.75. The van der Waals surface area contributed by atoms with Crippen LogP contribution in [0, 0.1) is 5.41 Å². The number of hydrogen-bond acceptors (Lipinski definition) is 3. The van der Waals surface area contributed by atoms with Gasteiger partial charge in [0.2, 0.25) is 0 Å². The van der Waals surface area contributed by atoms with Crippen molar-refractivity contribution in [3.8, 4) is 0 Å². The summed E-state index contributed by atoms with van der Waals surface area (Å²) in [7, 11) is 0. The van der Waals surface area contributed by atoms with E-state index in [1.54, 1.807) is 0 Å². The number of carbonyl (C=O) groups is 1. The Hall–Kier alpha value is -0.570. The number of esters is 1. The molecule has 20 heavy (non-hydrogen) atoms. The number of piperidine rings is 1. The Balaban J connectivity index is 2.41. The van der Waals surface area contributed by atoms with Gasteiger partial charge in [0.25, 0.3) is 0 Å². The first-order chi connectivity index (χ1) is 9.64. The predicted octanol–water partition coefficient (Wildman–Crippen LogP) is 4.06. The van der Waals surface area contributed by atoms with E-state index in [2.05, 4.69) is 19.2 Å². The van der Waals surface area contributed by atoms with Crippen LogP contribution < -0.4 is 5.32 Å². The van der Waals surface area contributed by atoms with Crippen LogP contribution in [0.3, 0.4) is 0 Å². The van der Waals surface area contributed by atoms with Gasteiger partial charge in [-0.25, -0.2) is 0 Å². The molecule has 1 N–H and O–H groups in total. The Morgan fingerprint density at radius 1 is 1.25 bits per heavy atom. The molecule has 118 valence electrons. The zero-order valence-corrected chi connectivity index (χ0v) is 13.7. The van der Waals surface area contributed by atoms with E-state index in [4.69, 9.17) is 4.74 Å². The zero-order valence-electron chi connectivity index (χ0n) is 13.7. The second-order valence-electron chi connectivity index (χ2n) is 6.38. The van der Waals surface area contributed by atoms with Crippen LogP contribution in [-0.4, -0.2) is 25.2 Å². The van der Waals surface area contributed by atoms with Crippen LogP contribution in [0.4, 0.5) is 0 Å². The summed E-state index contributed by atoms with van der Waals surface area (Å²) in [5.41, 5.74) is -0.259. The highest BCUT2D eigenvalue weighted by Gasteiger charge is 2.40. The number of unbranched alkanes of at least 4 members (excludes halogenated alkanes) is 3. The Labute approximate surface area is 124 Å². The van der Waals surface area contributed by atoms with Crippen molar-refractivity contribution >= 4 is 5.97 Å². The number of hydrogen-bond donors (Lipinski definition) is 1. The molecule has 0 spiro atoms. The van der Waals surface area contributed by atoms with Crippen LogP contribution in [0.1, 0.15) is 78.6 Å². The zero-order chi connectivity index (χ0) is 14.8. The molecule has 0 bridgehead atoms. The predicted molar refractivity (Wildman–Crippen MR) is 83.8 cm³/mol. The lowest BCUT2D eigenvalue weighted by Gasteiger charge is -2.36. The molecule has 0 aliphatic carbocycles. The number of carbonyl (C=O) groups excluding carboxylic acids is 1. The second kappa shape index (κ2) is 9.38. The van der Waals surface area contributed by atoms with Crippen LogP contribution in [0.2, 0.25) is 0 Å². The van der Waals surface area contributed by atoms with Crippen molar-refractivity contribution in [2.45, 2.75) is 84.7 Å². The average molecular weight is 283 g/mol. The van der Waals surface area contributed by atoms with Gasteiger partial charge in [-0.2, -0.15) is 0 Å². The summed E-state index contributed by atoms with van der Waals surface area (Å²) in [6.45, 7) is 8.24. The number of rotatable bonds is 9. The molecule has 3 nitrogen and oxygen atoms in total. The van der Waals surface area contributed by atoms with Crippen LogP contribution in [0.25, 0.3) is 0 Å². The van der Waals surface area contributed by atoms with Crippen molar-refractivity contribution in [1.82, 2.24) is 5.32 Å². The van der Waals surface area contributed by atoms with E-state index in [9.17, 15) is 4.79 Å². The Morgan fingerprint density at radius 3 is 2.65 bits per heavy atom. The average Bonchev–Trinajstić information content (AvgIpc) is 2.45. The minimum Gasteiger partial charge on any atom is -0.462 e. The van der Waals surface area contributed by atoms with Gasteiger partial charge in [0, 0.05) is 6.54 Å². The molecule has 0 aromatic rings. The molecular formula is C17H33NO2. The fourth-order valence-corrected chi connectivity index (χ4v) is 3.16. The number of nitrogens with one attached hydrogen (secondary N) is 1. The molecule has 1 fully saturated rings. The number of ether oxygens (including phenoxy) is 1. The molecule has 2 unspecified atom stereocenters. The van der Waals surface area contributed by atoms with Gasteiger partial charge in [0.1, 0.15) is 0 Å². The first kappa shape index (κ1) is 17.5. The van der Waals surface area contributed by atoms with E-state index in [0.717, 1.165) is 45.2 Å². The van der Waals surface area contributed by atoms with E-state index in [1.807, 2.05) is 6.92 Å². The third-order valence-corrected chi connectivity index (χ3v) is 4.41. The molecular weight excluding hydrogens is 250 g/mol. The third-order valence-electron chi connectivity index (χ3n) is 4.41. The van der Waals surface area contributed by atoms with E-state index in [-0.39, 0.29) is 17.5 Å². The summed E-state index contributed by atoms with van der Waals surface area (Å²) in [6.07, 6.45) is 10.1. The normalized spacial score (nSPS) is 24.4. The largest absolute Gasteiger partial charge is 0.462 e. The molecule has 1 heterocycles. The minimum absolute atomic E-state index is 0.0366. The molecule has 0 radical (unpaired) electrons. The molecule has 0 amide bonds. The summed E-state index contributed by atoms with van der Waals surface area (Å²) in [5.74, 6) is 0.0366. The van der Waals surface area contributed by atoms with Gasteiger partial charge >= 0.3 is 5.97 Å². The lowest BCUT2D eigenvalue weighted by atomic mass is 9.77. The topological polar surface area (TPSA) is 38.3 Å². The second-order valence-corrected chi connectivity index (χ2v) is 6.38. The van der Waals surface area contributed by atoms with Crippen LogP contribution in [0.5, 0.6) is 0 Å². The maximum atomic E-state index is 12.5. The van der Waals surface area contributed by atoms with E-state index in [1.165, 1.54) is 25.7 Å². The SMILES string of the molecule is CCCCCCC(C)OC(=O)C1(CCC)CCCNC1. The molecule has 2 atom stereocenters. The van der Waals surface area contributed by atoms with Crippen molar-refractivity contribution < 1.29 is 9.53 Å². The molecule has 1 saturated heterocycles. The maximum Gasteiger partial charge on any atom is 0.313 e. The quantitative estimate of drug-likeness (QED) is 0.512. The van der Waals surface area contributed by atoms with Gasteiger partial charge in [0.05, 0.1) is 11.5 Å². The first-order valence-corrected chi connectivity index (χ1v) is 8.56. The highest BCUT2D eigenvalue weighted by molar-refractivity contribution is 5.77. The summed E-state index contributed by atoms with van der Waals surface area (Å²) >= 11 is 0. The molecule has 3 heteroatoms. The lowest BCUT2D eigenvalue weighted by Crippen LogP contribution is -2.47. The monoisotopic (exact) mass is 283 g/mol. The van der Waals surface area contributed by atoms with Crippen molar-refractivity contribution in [2.75, 3.05) is 13.1 Å². The van der Waals surface area contributed by atoms with Gasteiger partial charge in [-0.15, -0.1) is 0 Å². The van der Waals surface area contributed by atoms with Crippen LogP contribution in [-0.2, 0) is 9.53 Å². The van der Waals surface area contributed by atoms with Gasteiger partial charge in [0.15, 0.2) is 0 Å². The third kappa shape index (κ3) is 5.43.